The van der Waals surface area contributed by atoms with Crippen molar-refractivity contribution in [2.75, 3.05) is 20.0 Å². The number of rotatable bonds is 12. The number of carbonyl (C=O) groups is 2. The van der Waals surface area contributed by atoms with Crippen LogP contribution in [0.3, 0.4) is 0 Å². The van der Waals surface area contributed by atoms with Gasteiger partial charge in [-0.15, -0.1) is 0 Å². The molecule has 3 aliphatic carbocycles. The van der Waals surface area contributed by atoms with Crippen molar-refractivity contribution >= 4 is 31.2 Å². The van der Waals surface area contributed by atoms with Crippen molar-refractivity contribution in [3.8, 4) is 11.5 Å². The Morgan fingerprint density at radius 1 is 0.976 bits per heavy atom. The zero-order valence-electron chi connectivity index (χ0n) is 22.0. The summed E-state index contributed by atoms with van der Waals surface area (Å²) in [5.74, 6) is -1.82. The van der Waals surface area contributed by atoms with Crippen molar-refractivity contribution in [3.05, 3.63) is 58.6 Å². The summed E-state index contributed by atoms with van der Waals surface area (Å²) >= 11 is 5.67. The fourth-order valence-electron chi connectivity index (χ4n) is 5.21. The summed E-state index contributed by atoms with van der Waals surface area (Å²) in [6.07, 6.45) is 1.05. The van der Waals surface area contributed by atoms with E-state index in [9.17, 15) is 22.9 Å². The first-order valence-corrected chi connectivity index (χ1v) is 14.6. The molecule has 11 nitrogen and oxygen atoms in total. The molecule has 15 heteroatoms. The Labute approximate surface area is 239 Å². The first-order chi connectivity index (χ1) is 19.3. The maximum atomic E-state index is 13.8. The number of hydrogen-bond donors (Lipinski definition) is 4. The zero-order chi connectivity index (χ0) is 29.8. The van der Waals surface area contributed by atoms with Crippen LogP contribution in [0.15, 0.2) is 36.4 Å². The van der Waals surface area contributed by atoms with Crippen LogP contribution in [0.25, 0.3) is 0 Å². The topological polar surface area (TPSA) is 153 Å². The van der Waals surface area contributed by atoms with E-state index in [-0.39, 0.29) is 22.9 Å². The summed E-state index contributed by atoms with van der Waals surface area (Å²) in [7, 11) is -4.82. The van der Waals surface area contributed by atoms with Gasteiger partial charge in [-0.3, -0.25) is 14.1 Å². The molecule has 2 amide bonds. The molecule has 41 heavy (non-hydrogen) atoms. The third-order valence-electron chi connectivity index (χ3n) is 7.35. The summed E-state index contributed by atoms with van der Waals surface area (Å²) in [6, 6.07) is 8.05. The van der Waals surface area contributed by atoms with E-state index in [4.69, 9.17) is 35.6 Å². The van der Waals surface area contributed by atoms with Crippen molar-refractivity contribution in [2.24, 2.45) is 0 Å². The number of phosphoric acid groups is 1. The van der Waals surface area contributed by atoms with Gasteiger partial charge in [0.1, 0.15) is 23.1 Å². The fourth-order valence-corrected chi connectivity index (χ4v) is 5.52. The molecule has 2 aromatic rings. The van der Waals surface area contributed by atoms with Crippen LogP contribution in [0.1, 0.15) is 37.7 Å². The summed E-state index contributed by atoms with van der Waals surface area (Å²) in [5.41, 5.74) is -1.24. The highest BCUT2D eigenvalue weighted by molar-refractivity contribution is 7.46. The summed E-state index contributed by atoms with van der Waals surface area (Å²) < 4.78 is 59.6. The molecule has 0 heterocycles. The largest absolute Gasteiger partial charge is 0.484 e. The van der Waals surface area contributed by atoms with Gasteiger partial charge in [0.15, 0.2) is 20.0 Å². The number of amides is 2. The maximum Gasteiger partial charge on any atom is 0.471 e. The number of ether oxygens (including phenoxy) is 3. The minimum absolute atomic E-state index is 0.0787. The van der Waals surface area contributed by atoms with Crippen molar-refractivity contribution < 1.29 is 51.5 Å². The molecule has 224 valence electrons. The lowest BCUT2D eigenvalue weighted by molar-refractivity contribution is -0.154. The molecule has 3 saturated carbocycles. The van der Waals surface area contributed by atoms with Crippen LogP contribution in [-0.2, 0) is 23.4 Å². The van der Waals surface area contributed by atoms with Crippen molar-refractivity contribution in [2.45, 2.75) is 56.2 Å². The van der Waals surface area contributed by atoms with Crippen LogP contribution in [0.2, 0.25) is 5.02 Å². The molecule has 0 unspecified atom stereocenters. The van der Waals surface area contributed by atoms with E-state index in [1.165, 1.54) is 24.3 Å². The molecule has 2 aromatic carbocycles. The van der Waals surface area contributed by atoms with Crippen molar-refractivity contribution in [1.82, 2.24) is 10.6 Å². The van der Waals surface area contributed by atoms with Gasteiger partial charge in [0.2, 0.25) is 0 Å². The number of carbonyl (C=O) groups excluding carboxylic acids is 2. The third-order valence-corrected chi connectivity index (χ3v) is 8.10. The number of phosphoric ester groups is 1. The van der Waals surface area contributed by atoms with E-state index in [2.05, 4.69) is 15.2 Å². The molecular formula is C26H30ClF2N2O9P. The monoisotopic (exact) mass is 618 g/mol. The van der Waals surface area contributed by atoms with E-state index in [1.54, 1.807) is 13.0 Å². The van der Waals surface area contributed by atoms with E-state index >= 15 is 0 Å². The zero-order valence-corrected chi connectivity index (χ0v) is 23.7. The number of benzene rings is 2. The summed E-state index contributed by atoms with van der Waals surface area (Å²) in [4.78, 5) is 43.7. The van der Waals surface area contributed by atoms with Crippen molar-refractivity contribution in [3.63, 3.8) is 0 Å². The highest BCUT2D eigenvalue weighted by Crippen LogP contribution is 2.48. The Morgan fingerprint density at radius 3 is 2.15 bits per heavy atom. The molecule has 0 saturated heterocycles. The maximum absolute atomic E-state index is 13.8. The summed E-state index contributed by atoms with van der Waals surface area (Å²) in [5, 5.41) is 5.80. The van der Waals surface area contributed by atoms with E-state index in [0.717, 1.165) is 6.07 Å². The van der Waals surface area contributed by atoms with Crippen LogP contribution >= 0.6 is 19.4 Å². The lowest BCUT2D eigenvalue weighted by Crippen LogP contribution is -2.71. The second kappa shape index (κ2) is 12.6. The molecule has 1 atom stereocenters. The van der Waals surface area contributed by atoms with Crippen LogP contribution in [0.4, 0.5) is 8.78 Å². The highest BCUT2D eigenvalue weighted by atomic mass is 35.5. The van der Waals surface area contributed by atoms with Gasteiger partial charge >= 0.3 is 7.82 Å². The third kappa shape index (κ3) is 8.15. The number of halogens is 3. The van der Waals surface area contributed by atoms with Gasteiger partial charge < -0.3 is 34.6 Å². The summed E-state index contributed by atoms with van der Waals surface area (Å²) in [6.45, 7) is 0.0552. The number of aryl methyl sites for hydroxylation is 1. The van der Waals surface area contributed by atoms with Crippen LogP contribution < -0.4 is 20.1 Å². The minimum atomic E-state index is -4.82. The second-order valence-electron chi connectivity index (χ2n) is 10.2. The first-order valence-electron chi connectivity index (χ1n) is 12.7. The predicted molar refractivity (Wildman–Crippen MR) is 141 cm³/mol. The molecule has 2 bridgehead atoms. The molecule has 0 radical (unpaired) electrons. The molecule has 0 aliphatic heterocycles. The van der Waals surface area contributed by atoms with Crippen LogP contribution in [-0.4, -0.2) is 58.8 Å². The average Bonchev–Trinajstić information content (AvgIpc) is 2.90. The van der Waals surface area contributed by atoms with Gasteiger partial charge in [0.25, 0.3) is 11.8 Å². The molecule has 0 spiro atoms. The normalized spacial score (nSPS) is 23.6. The molecular weight excluding hydrogens is 589 g/mol. The minimum Gasteiger partial charge on any atom is -0.484 e. The van der Waals surface area contributed by atoms with Gasteiger partial charge in [-0.2, -0.15) is 0 Å². The molecule has 0 aromatic heterocycles. The quantitative estimate of drug-likeness (QED) is 0.207. The number of hydrogen-bond acceptors (Lipinski definition) is 7. The lowest BCUT2D eigenvalue weighted by atomic mass is 9.59. The van der Waals surface area contributed by atoms with Crippen molar-refractivity contribution in [1.29, 1.82) is 0 Å². The van der Waals surface area contributed by atoms with E-state index in [1.807, 2.05) is 0 Å². The van der Waals surface area contributed by atoms with E-state index in [0.29, 0.717) is 31.2 Å². The SMILES string of the molecule is Cc1ccc(OCC(=O)NC23CCC(NC(=O)COc4ccc(Cl)c(F)c4)(CC2)C[C@@H]3OCOP(=O)(O)O)cc1F. The predicted octanol–water partition coefficient (Wildman–Crippen LogP) is 3.52. The number of nitrogens with one attached hydrogen (secondary N) is 2. The Kier molecular flexibility index (Phi) is 9.57. The lowest BCUT2D eigenvalue weighted by Gasteiger charge is -2.57. The Bertz CT molecular complexity index is 1330. The van der Waals surface area contributed by atoms with Crippen LogP contribution in [0, 0.1) is 18.6 Å². The van der Waals surface area contributed by atoms with Gasteiger partial charge in [-0.05, 0) is 62.8 Å². The fraction of sp³-hybridized carbons (Fsp3) is 0.462. The molecule has 4 N–H and O–H groups in total. The molecule has 3 aliphatic rings. The average molecular weight is 619 g/mol. The van der Waals surface area contributed by atoms with Crippen LogP contribution in [0.5, 0.6) is 11.5 Å². The number of fused-ring (bicyclic) bond motifs is 3. The van der Waals surface area contributed by atoms with Gasteiger partial charge in [0.05, 0.1) is 16.7 Å². The molecule has 3 fully saturated rings. The second-order valence-corrected chi connectivity index (χ2v) is 11.8. The Morgan fingerprint density at radius 2 is 1.56 bits per heavy atom. The van der Waals surface area contributed by atoms with Gasteiger partial charge in [0, 0.05) is 17.7 Å². The smallest absolute Gasteiger partial charge is 0.471 e. The van der Waals surface area contributed by atoms with Gasteiger partial charge in [-0.1, -0.05) is 17.7 Å². The Balaban J connectivity index is 1.39. The first kappa shape index (κ1) is 31.1. The standard InChI is InChI=1S/C26H30ClF2N2O9P/c1-16-2-3-17(10-20(16)28)38-14-24(33)31-26-8-6-25(7-9-26,12-22(26)39-15-40-41(34,35)36)30-23(32)13-37-18-4-5-19(27)21(29)11-18/h2-5,10-11,22H,6-9,12-15H2,1H3,(H,30,32)(H,31,33)(H2,34,35,36)/t22-,25?,26?/m0/s1. The van der Waals surface area contributed by atoms with Gasteiger partial charge in [-0.25, -0.2) is 13.3 Å². The highest BCUT2D eigenvalue weighted by Gasteiger charge is 2.56. The molecule has 5 rings (SSSR count). The Hall–Kier alpha value is -2.80. The van der Waals surface area contributed by atoms with E-state index < -0.39 is 68.5 Å².